The molecule has 1 N–H and O–H groups in total. The number of benzene rings is 1. The van der Waals surface area contributed by atoms with Crippen molar-refractivity contribution < 1.29 is 13.2 Å². The Morgan fingerprint density at radius 3 is 2.46 bits per heavy atom. The number of hydrogen-bond donors (Lipinski definition) is 1. The molecule has 0 saturated carbocycles. The van der Waals surface area contributed by atoms with Crippen LogP contribution in [-0.2, 0) is 10.0 Å². The monoisotopic (exact) mass is 375 g/mol. The lowest BCUT2D eigenvalue weighted by Crippen LogP contribution is -2.40. The fourth-order valence-corrected chi connectivity index (χ4v) is 4.36. The second-order valence-corrected chi connectivity index (χ2v) is 8.07. The molecule has 2 rings (SSSR count). The van der Waals surface area contributed by atoms with Gasteiger partial charge in [0.2, 0.25) is 10.0 Å². The molecule has 1 heterocycles. The van der Waals surface area contributed by atoms with E-state index in [-0.39, 0.29) is 23.2 Å². The lowest BCUT2D eigenvalue weighted by molar-refractivity contribution is 0.0827. The molecule has 24 heavy (non-hydrogen) atoms. The molecule has 0 aromatic heterocycles. The first-order chi connectivity index (χ1) is 10.9. The molecule has 0 bridgehead atoms. The molecule has 1 aliphatic rings. The van der Waals surface area contributed by atoms with Gasteiger partial charge in [0.05, 0.1) is 4.90 Å². The average Bonchev–Trinajstić information content (AvgIpc) is 2.55. The fraction of sp³-hybridized carbons (Fsp3) is 0.562. The van der Waals surface area contributed by atoms with E-state index in [9.17, 15) is 13.2 Å². The van der Waals surface area contributed by atoms with Gasteiger partial charge in [0.1, 0.15) is 0 Å². The highest BCUT2D eigenvalue weighted by Gasteiger charge is 2.29. The third kappa shape index (κ3) is 4.69. The summed E-state index contributed by atoms with van der Waals surface area (Å²) in [5.41, 5.74) is 0.390. The molecule has 0 aliphatic carbocycles. The van der Waals surface area contributed by atoms with Crippen LogP contribution >= 0.6 is 12.4 Å². The van der Waals surface area contributed by atoms with Crippen LogP contribution in [0.1, 0.15) is 23.2 Å². The zero-order chi connectivity index (χ0) is 17.0. The highest BCUT2D eigenvalue weighted by atomic mass is 35.5. The number of sulfonamides is 1. The van der Waals surface area contributed by atoms with Gasteiger partial charge >= 0.3 is 0 Å². The van der Waals surface area contributed by atoms with E-state index in [2.05, 4.69) is 5.32 Å². The van der Waals surface area contributed by atoms with E-state index in [1.807, 2.05) is 7.05 Å². The quantitative estimate of drug-likeness (QED) is 0.845. The molecule has 0 spiro atoms. The summed E-state index contributed by atoms with van der Waals surface area (Å²) >= 11 is 0. The van der Waals surface area contributed by atoms with E-state index in [0.717, 1.165) is 19.4 Å². The maximum Gasteiger partial charge on any atom is 0.253 e. The summed E-state index contributed by atoms with van der Waals surface area (Å²) in [6.07, 6.45) is 1.72. The molecule has 1 saturated heterocycles. The Kier molecular flexibility index (Phi) is 7.66. The van der Waals surface area contributed by atoms with Gasteiger partial charge in [0.25, 0.3) is 5.91 Å². The minimum Gasteiger partial charge on any atom is -0.345 e. The molecule has 136 valence electrons. The van der Waals surface area contributed by atoms with Crippen molar-refractivity contribution in [3.8, 4) is 0 Å². The average molecular weight is 376 g/mol. The maximum absolute atomic E-state index is 12.8. The Balaban J connectivity index is 0.00000288. The Labute approximate surface area is 150 Å². The number of piperidine rings is 1. The first kappa shape index (κ1) is 20.9. The van der Waals surface area contributed by atoms with Crippen LogP contribution < -0.4 is 5.32 Å². The second-order valence-electron chi connectivity index (χ2n) is 6.13. The van der Waals surface area contributed by atoms with Crippen LogP contribution in [0.2, 0.25) is 0 Å². The summed E-state index contributed by atoms with van der Waals surface area (Å²) in [5, 5.41) is 3.14. The molecular formula is C16H26ClN3O3S. The molecule has 0 unspecified atom stereocenters. The van der Waals surface area contributed by atoms with Crippen molar-refractivity contribution in [1.82, 2.24) is 14.5 Å². The van der Waals surface area contributed by atoms with Gasteiger partial charge in [-0.3, -0.25) is 4.79 Å². The summed E-state index contributed by atoms with van der Waals surface area (Å²) in [6, 6.07) is 6.29. The highest BCUT2D eigenvalue weighted by Crippen LogP contribution is 2.24. The summed E-state index contributed by atoms with van der Waals surface area (Å²) in [7, 11) is 1.67. The number of hydrogen-bond acceptors (Lipinski definition) is 4. The molecule has 8 heteroatoms. The van der Waals surface area contributed by atoms with Crippen LogP contribution in [0, 0.1) is 5.92 Å². The number of nitrogens with zero attached hydrogens (tertiary/aromatic N) is 2. The van der Waals surface area contributed by atoms with Gasteiger partial charge in [-0.15, -0.1) is 12.4 Å². The van der Waals surface area contributed by atoms with Gasteiger partial charge in [0, 0.05) is 32.7 Å². The fourth-order valence-electron chi connectivity index (χ4n) is 2.84. The van der Waals surface area contributed by atoms with Crippen LogP contribution in [0.4, 0.5) is 0 Å². The number of halogens is 1. The summed E-state index contributed by atoms with van der Waals surface area (Å²) < 4.78 is 27.1. The molecule has 0 atom stereocenters. The van der Waals surface area contributed by atoms with Gasteiger partial charge in [-0.2, -0.15) is 4.31 Å². The van der Waals surface area contributed by atoms with Crippen LogP contribution in [0.25, 0.3) is 0 Å². The maximum atomic E-state index is 12.8. The number of carbonyl (C=O) groups is 1. The summed E-state index contributed by atoms with van der Waals surface area (Å²) in [5.74, 6) is 0.322. The van der Waals surface area contributed by atoms with Gasteiger partial charge < -0.3 is 10.2 Å². The molecule has 1 aliphatic heterocycles. The van der Waals surface area contributed by atoms with Crippen LogP contribution in [0.15, 0.2) is 29.2 Å². The lowest BCUT2D eigenvalue weighted by atomic mass is 9.98. The Morgan fingerprint density at radius 2 is 1.92 bits per heavy atom. The van der Waals surface area contributed by atoms with E-state index >= 15 is 0 Å². The lowest BCUT2D eigenvalue weighted by Gasteiger charge is -2.31. The van der Waals surface area contributed by atoms with Crippen LogP contribution in [0.5, 0.6) is 0 Å². The standard InChI is InChI=1S/C16H25N3O3S.ClH/c1-17-12-13-7-9-19(10-8-13)23(21,22)15-6-4-5-14(11-15)16(20)18(2)3;/h4-6,11,13,17H,7-10,12H2,1-3H3;1H. The van der Waals surface area contributed by atoms with E-state index in [1.54, 1.807) is 32.3 Å². The topological polar surface area (TPSA) is 69.7 Å². The first-order valence-corrected chi connectivity index (χ1v) is 9.26. The summed E-state index contributed by atoms with van der Waals surface area (Å²) in [4.78, 5) is 13.7. The van der Waals surface area contributed by atoms with Crippen molar-refractivity contribution in [2.24, 2.45) is 5.92 Å². The van der Waals surface area contributed by atoms with Crippen molar-refractivity contribution in [1.29, 1.82) is 0 Å². The molecule has 1 aromatic rings. The number of carbonyl (C=O) groups excluding carboxylic acids is 1. The molecule has 1 fully saturated rings. The van der Waals surface area contributed by atoms with Crippen molar-refractivity contribution in [2.75, 3.05) is 40.8 Å². The SMILES string of the molecule is CNCC1CCN(S(=O)(=O)c2cccc(C(=O)N(C)C)c2)CC1.Cl. The third-order valence-corrected chi connectivity index (χ3v) is 6.09. The van der Waals surface area contributed by atoms with Crippen molar-refractivity contribution in [3.63, 3.8) is 0 Å². The predicted molar refractivity (Wildman–Crippen MR) is 97.1 cm³/mol. The number of rotatable bonds is 5. The minimum atomic E-state index is -3.54. The number of nitrogens with one attached hydrogen (secondary N) is 1. The largest absolute Gasteiger partial charge is 0.345 e. The molecule has 1 amide bonds. The Morgan fingerprint density at radius 1 is 1.29 bits per heavy atom. The smallest absolute Gasteiger partial charge is 0.253 e. The Hall–Kier alpha value is -1.15. The predicted octanol–water partition coefficient (Wildman–Crippen LogP) is 1.43. The Bertz CT molecular complexity index is 656. The van der Waals surface area contributed by atoms with Crippen LogP contribution in [-0.4, -0.2) is 64.3 Å². The minimum absolute atomic E-state index is 0. The molecular weight excluding hydrogens is 350 g/mol. The van der Waals surface area contributed by atoms with E-state index in [0.29, 0.717) is 24.6 Å². The van der Waals surface area contributed by atoms with E-state index < -0.39 is 10.0 Å². The summed E-state index contributed by atoms with van der Waals surface area (Å²) in [6.45, 7) is 1.97. The van der Waals surface area contributed by atoms with Crippen molar-refractivity contribution >= 4 is 28.3 Å². The van der Waals surface area contributed by atoms with Gasteiger partial charge in [-0.1, -0.05) is 6.07 Å². The number of amides is 1. The van der Waals surface area contributed by atoms with Crippen molar-refractivity contribution in [2.45, 2.75) is 17.7 Å². The van der Waals surface area contributed by atoms with Crippen molar-refractivity contribution in [3.05, 3.63) is 29.8 Å². The van der Waals surface area contributed by atoms with Gasteiger partial charge in [0.15, 0.2) is 0 Å². The van der Waals surface area contributed by atoms with Gasteiger partial charge in [-0.05, 0) is 50.6 Å². The van der Waals surface area contributed by atoms with Gasteiger partial charge in [-0.25, -0.2) is 8.42 Å². The molecule has 6 nitrogen and oxygen atoms in total. The second kappa shape index (κ2) is 8.80. The zero-order valence-electron chi connectivity index (χ0n) is 14.4. The zero-order valence-corrected chi connectivity index (χ0v) is 16.0. The van der Waals surface area contributed by atoms with E-state index in [1.165, 1.54) is 15.3 Å². The normalized spacial score (nSPS) is 16.5. The highest BCUT2D eigenvalue weighted by molar-refractivity contribution is 7.89. The molecule has 0 radical (unpaired) electrons. The van der Waals surface area contributed by atoms with Crippen LogP contribution in [0.3, 0.4) is 0 Å². The molecule has 1 aromatic carbocycles. The van der Waals surface area contributed by atoms with E-state index in [4.69, 9.17) is 0 Å². The third-order valence-electron chi connectivity index (χ3n) is 4.19. The first-order valence-electron chi connectivity index (χ1n) is 7.82.